The van der Waals surface area contributed by atoms with E-state index in [1.54, 1.807) is 0 Å². The zero-order valence-corrected chi connectivity index (χ0v) is 9.39. The molecule has 2 aliphatic carbocycles. The maximum absolute atomic E-state index is 11.4. The molecule has 0 aromatic heterocycles. The summed E-state index contributed by atoms with van der Waals surface area (Å²) in [4.78, 5) is 11.4. The predicted octanol–water partition coefficient (Wildman–Crippen LogP) is 2.89. The minimum atomic E-state index is 0.0554. The van der Waals surface area contributed by atoms with E-state index in [-0.39, 0.29) is 4.75 Å². The summed E-state index contributed by atoms with van der Waals surface area (Å²) < 4.78 is 0.0554. The summed E-state index contributed by atoms with van der Waals surface area (Å²) in [6.07, 6.45) is 9.37. The third-order valence-corrected chi connectivity index (χ3v) is 6.28. The van der Waals surface area contributed by atoms with E-state index in [0.29, 0.717) is 0 Å². The van der Waals surface area contributed by atoms with Crippen LogP contribution in [0.2, 0.25) is 0 Å². The van der Waals surface area contributed by atoms with Crippen molar-refractivity contribution in [2.45, 2.75) is 43.3 Å². The number of aldehydes is 1. The van der Waals surface area contributed by atoms with Gasteiger partial charge in [0, 0.05) is 0 Å². The monoisotopic (exact) mass is 210 g/mol. The van der Waals surface area contributed by atoms with Crippen molar-refractivity contribution >= 4 is 18.0 Å². The van der Waals surface area contributed by atoms with Crippen LogP contribution in [0.3, 0.4) is 0 Å². The number of rotatable bonds is 2. The Kier molecular flexibility index (Phi) is 2.16. The van der Waals surface area contributed by atoms with Crippen LogP contribution in [0.1, 0.15) is 38.5 Å². The predicted molar refractivity (Wildman–Crippen MR) is 59.4 cm³/mol. The number of fused-ring (bicyclic) bond motifs is 2. The Bertz CT molecular complexity index is 245. The van der Waals surface area contributed by atoms with Gasteiger partial charge in [-0.1, -0.05) is 6.42 Å². The molecule has 0 amide bonds. The zero-order valence-electron chi connectivity index (χ0n) is 8.58. The van der Waals surface area contributed by atoms with Crippen LogP contribution < -0.4 is 0 Å². The first kappa shape index (κ1) is 9.26. The Morgan fingerprint density at radius 2 is 2.21 bits per heavy atom. The molecule has 3 aliphatic rings. The van der Waals surface area contributed by atoms with Gasteiger partial charge in [0.1, 0.15) is 6.29 Å². The van der Waals surface area contributed by atoms with Crippen molar-refractivity contribution in [1.29, 1.82) is 0 Å². The third kappa shape index (κ3) is 1.19. The Morgan fingerprint density at radius 1 is 1.29 bits per heavy atom. The second-order valence-electron chi connectivity index (χ2n) is 5.31. The Hall–Kier alpha value is 0.0200. The van der Waals surface area contributed by atoms with Gasteiger partial charge in [-0.15, -0.1) is 11.8 Å². The van der Waals surface area contributed by atoms with E-state index in [2.05, 4.69) is 0 Å². The quantitative estimate of drug-likeness (QED) is 0.652. The molecule has 78 valence electrons. The van der Waals surface area contributed by atoms with Crippen LogP contribution in [0, 0.1) is 17.8 Å². The normalized spacial score (nSPS) is 51.3. The second kappa shape index (κ2) is 3.26. The molecule has 2 heteroatoms. The smallest absolute Gasteiger partial charge is 0.136 e. The van der Waals surface area contributed by atoms with Crippen LogP contribution >= 0.6 is 11.8 Å². The number of hydrogen-bond acceptors (Lipinski definition) is 2. The average molecular weight is 210 g/mol. The van der Waals surface area contributed by atoms with Gasteiger partial charge in [-0.05, 0) is 55.6 Å². The van der Waals surface area contributed by atoms with E-state index in [4.69, 9.17) is 0 Å². The van der Waals surface area contributed by atoms with Crippen molar-refractivity contribution in [3.05, 3.63) is 0 Å². The van der Waals surface area contributed by atoms with Crippen molar-refractivity contribution < 1.29 is 4.79 Å². The molecule has 3 fully saturated rings. The third-order valence-electron chi connectivity index (χ3n) is 4.65. The highest BCUT2D eigenvalue weighted by atomic mass is 32.2. The van der Waals surface area contributed by atoms with Crippen molar-refractivity contribution in [1.82, 2.24) is 0 Å². The highest BCUT2D eigenvalue weighted by Crippen LogP contribution is 2.57. The van der Waals surface area contributed by atoms with Crippen LogP contribution in [0.4, 0.5) is 0 Å². The molecule has 2 bridgehead atoms. The molecule has 0 aromatic carbocycles. The average Bonchev–Trinajstić information content (AvgIpc) is 2.94. The number of hydrogen-bond donors (Lipinski definition) is 0. The molecule has 0 radical (unpaired) electrons. The van der Waals surface area contributed by atoms with Crippen LogP contribution in [0.5, 0.6) is 0 Å². The first-order chi connectivity index (χ1) is 6.84. The van der Waals surface area contributed by atoms with E-state index >= 15 is 0 Å². The molecule has 3 rings (SSSR count). The van der Waals surface area contributed by atoms with Gasteiger partial charge in [0.25, 0.3) is 0 Å². The first-order valence-electron chi connectivity index (χ1n) is 5.94. The Labute approximate surface area is 90.0 Å². The largest absolute Gasteiger partial charge is 0.302 e. The van der Waals surface area contributed by atoms with E-state index in [1.165, 1.54) is 44.1 Å². The number of thioether (sulfide) groups is 1. The molecular weight excluding hydrogens is 192 g/mol. The molecule has 14 heavy (non-hydrogen) atoms. The fourth-order valence-electron chi connectivity index (χ4n) is 4.00. The van der Waals surface area contributed by atoms with Gasteiger partial charge < -0.3 is 4.79 Å². The van der Waals surface area contributed by atoms with Crippen molar-refractivity contribution in [2.24, 2.45) is 17.8 Å². The van der Waals surface area contributed by atoms with Gasteiger partial charge in [0.15, 0.2) is 0 Å². The maximum atomic E-state index is 11.4. The maximum Gasteiger partial charge on any atom is 0.136 e. The Morgan fingerprint density at radius 3 is 2.71 bits per heavy atom. The molecule has 2 saturated carbocycles. The molecule has 4 atom stereocenters. The lowest BCUT2D eigenvalue weighted by Gasteiger charge is -2.34. The summed E-state index contributed by atoms with van der Waals surface area (Å²) >= 11 is 1.96. The van der Waals surface area contributed by atoms with Gasteiger partial charge in [-0.3, -0.25) is 0 Å². The van der Waals surface area contributed by atoms with Gasteiger partial charge in [-0.2, -0.15) is 0 Å². The summed E-state index contributed by atoms with van der Waals surface area (Å²) in [6.45, 7) is 0. The molecule has 1 heterocycles. The summed E-state index contributed by atoms with van der Waals surface area (Å²) in [5.74, 6) is 3.83. The second-order valence-corrected chi connectivity index (χ2v) is 6.76. The molecule has 0 spiro atoms. The van der Waals surface area contributed by atoms with Gasteiger partial charge in [0.05, 0.1) is 4.75 Å². The summed E-state index contributed by atoms with van der Waals surface area (Å²) in [5.41, 5.74) is 0. The minimum absolute atomic E-state index is 0.0554. The van der Waals surface area contributed by atoms with E-state index in [0.717, 1.165) is 24.2 Å². The van der Waals surface area contributed by atoms with E-state index < -0.39 is 0 Å². The minimum Gasteiger partial charge on any atom is -0.302 e. The fraction of sp³-hybridized carbons (Fsp3) is 0.917. The van der Waals surface area contributed by atoms with Gasteiger partial charge in [-0.25, -0.2) is 0 Å². The molecule has 1 nitrogen and oxygen atoms in total. The topological polar surface area (TPSA) is 17.1 Å². The lowest BCUT2D eigenvalue weighted by molar-refractivity contribution is -0.111. The Balaban J connectivity index is 1.83. The molecule has 0 aromatic rings. The van der Waals surface area contributed by atoms with Gasteiger partial charge >= 0.3 is 0 Å². The summed E-state index contributed by atoms with van der Waals surface area (Å²) in [5, 5.41) is 0. The van der Waals surface area contributed by atoms with Crippen molar-refractivity contribution in [2.75, 3.05) is 5.75 Å². The van der Waals surface area contributed by atoms with Crippen molar-refractivity contribution in [3.8, 4) is 0 Å². The zero-order chi connectivity index (χ0) is 9.60. The van der Waals surface area contributed by atoms with Crippen LogP contribution in [0.15, 0.2) is 0 Å². The SMILES string of the molecule is O=CC1(C2CC3CCC2C3)CCCS1. The fourth-order valence-corrected chi connectivity index (χ4v) is 5.53. The highest BCUT2D eigenvalue weighted by molar-refractivity contribution is 8.01. The van der Waals surface area contributed by atoms with E-state index in [9.17, 15) is 4.79 Å². The molecule has 0 N–H and O–H groups in total. The summed E-state index contributed by atoms with van der Waals surface area (Å²) in [6, 6.07) is 0. The number of carbonyl (C=O) groups excluding carboxylic acids is 1. The van der Waals surface area contributed by atoms with E-state index in [1.807, 2.05) is 11.8 Å². The molecule has 1 saturated heterocycles. The highest BCUT2D eigenvalue weighted by Gasteiger charge is 2.51. The van der Waals surface area contributed by atoms with Crippen LogP contribution in [0.25, 0.3) is 0 Å². The summed E-state index contributed by atoms with van der Waals surface area (Å²) in [7, 11) is 0. The standard InChI is InChI=1S/C12H18OS/c13-8-12(4-1-5-14-12)11-7-9-2-3-10(11)6-9/h8-11H,1-7H2. The van der Waals surface area contributed by atoms with Crippen molar-refractivity contribution in [3.63, 3.8) is 0 Å². The van der Waals surface area contributed by atoms with Gasteiger partial charge in [0.2, 0.25) is 0 Å². The molecule has 1 aliphatic heterocycles. The van der Waals surface area contributed by atoms with Crippen LogP contribution in [-0.2, 0) is 4.79 Å². The molecule has 4 unspecified atom stereocenters. The first-order valence-corrected chi connectivity index (χ1v) is 6.93. The number of carbonyl (C=O) groups is 1. The molecular formula is C12H18OS. The lowest BCUT2D eigenvalue weighted by Crippen LogP contribution is -2.37. The van der Waals surface area contributed by atoms with Crippen LogP contribution in [-0.4, -0.2) is 16.8 Å². The lowest BCUT2D eigenvalue weighted by atomic mass is 9.77.